The quantitative estimate of drug-likeness (QED) is 0.306. The van der Waals surface area contributed by atoms with Crippen molar-refractivity contribution >= 4 is 37.4 Å². The molecule has 2 aromatic carbocycles. The first-order valence-electron chi connectivity index (χ1n) is 8.36. The number of carbonyl (C=O) groups excluding carboxylic acids is 1. The van der Waals surface area contributed by atoms with Crippen LogP contribution in [-0.4, -0.2) is 33.9 Å². The number of nitrogens with one attached hydrogen (secondary N) is 2. The number of urea groups is 1. The van der Waals surface area contributed by atoms with Crippen LogP contribution in [0.2, 0.25) is 0 Å². The topological polar surface area (TPSA) is 119 Å². The van der Waals surface area contributed by atoms with E-state index in [1.165, 1.54) is 0 Å². The molecule has 0 aliphatic heterocycles. The van der Waals surface area contributed by atoms with Crippen LogP contribution in [0.4, 0.5) is 55.7 Å². The molecule has 0 fully saturated rings. The normalized spacial score (nSPS) is 13.3. The van der Waals surface area contributed by atoms with Gasteiger partial charge < -0.3 is 14.8 Å². The van der Waals surface area contributed by atoms with Crippen LogP contribution in [0.25, 0.3) is 0 Å². The second kappa shape index (κ2) is 9.10. The molecule has 0 spiro atoms. The molecule has 0 heterocycles. The number of halogens is 9. The van der Waals surface area contributed by atoms with Crippen LogP contribution in [0, 0.1) is 0 Å². The van der Waals surface area contributed by atoms with Gasteiger partial charge in [-0.1, -0.05) is 0 Å². The lowest BCUT2D eigenvalue weighted by molar-refractivity contribution is -0.138. The van der Waals surface area contributed by atoms with Gasteiger partial charge >= 0.3 is 33.3 Å². The van der Waals surface area contributed by atoms with E-state index in [1.54, 1.807) is 0 Å². The number of benzene rings is 2. The molecule has 2 rings (SSSR count). The number of amides is 2. The monoisotopic (exact) mass is 560 g/mol. The zero-order chi connectivity index (χ0) is 27.0. The van der Waals surface area contributed by atoms with Crippen molar-refractivity contribution in [2.45, 2.75) is 22.1 Å². The Labute approximate surface area is 189 Å². The maximum Gasteiger partial charge on any atom is 0.534 e. The average Bonchev–Trinajstić information content (AvgIpc) is 2.66. The van der Waals surface area contributed by atoms with E-state index >= 15 is 0 Å². The molecular weight excluding hydrogens is 551 g/mol. The Hall–Kier alpha value is -3.22. The van der Waals surface area contributed by atoms with E-state index < -0.39 is 65.1 Å². The highest BCUT2D eigenvalue weighted by Gasteiger charge is 2.50. The molecule has 0 saturated heterocycles. The minimum absolute atomic E-state index is 0.0554. The summed E-state index contributed by atoms with van der Waals surface area (Å²) < 4.78 is 162. The van der Waals surface area contributed by atoms with Crippen molar-refractivity contribution in [2.24, 2.45) is 0 Å². The molecule has 35 heavy (non-hydrogen) atoms. The summed E-state index contributed by atoms with van der Waals surface area (Å²) in [6.07, 6.45) is -5.43. The third-order valence-electron chi connectivity index (χ3n) is 3.75. The van der Waals surface area contributed by atoms with Crippen molar-refractivity contribution in [2.75, 3.05) is 10.6 Å². The first-order chi connectivity index (χ1) is 15.6. The summed E-state index contributed by atoms with van der Waals surface area (Å²) in [5.41, 5.74) is -14.6. The summed E-state index contributed by atoms with van der Waals surface area (Å²) in [5.74, 6) is -1.73. The Morgan fingerprint density at radius 2 is 1.20 bits per heavy atom. The summed E-state index contributed by atoms with van der Waals surface area (Å²) in [7, 11) is -12.1. The molecule has 0 aliphatic rings. The average molecular weight is 560 g/mol. The van der Waals surface area contributed by atoms with Crippen molar-refractivity contribution in [3.63, 3.8) is 0 Å². The van der Waals surface area contributed by atoms with Crippen molar-refractivity contribution < 1.29 is 65.3 Å². The smallest absolute Gasteiger partial charge is 0.375 e. The standard InChI is InChI=1S/C16H9F9N2O6S2/c17-14(18,19)11-7-9(3-6-12(11)33-35(31,32)16(23,24)25)27-13(28)26-8-1-4-10(5-2-8)34(29,30)15(20,21)22/h1-7H,(H2,26,27,28). The molecule has 194 valence electrons. The zero-order valence-corrected chi connectivity index (χ0v) is 17.8. The van der Waals surface area contributed by atoms with Gasteiger partial charge in [-0.3, -0.25) is 0 Å². The highest BCUT2D eigenvalue weighted by Crippen LogP contribution is 2.40. The summed E-state index contributed by atoms with van der Waals surface area (Å²) in [5, 5.41) is 3.77. The van der Waals surface area contributed by atoms with Gasteiger partial charge in [-0.2, -0.15) is 47.9 Å². The molecule has 8 nitrogen and oxygen atoms in total. The second-order valence-corrected chi connectivity index (χ2v) is 9.72. The molecule has 2 aromatic rings. The molecule has 0 bridgehead atoms. The Kier molecular flexibility index (Phi) is 7.28. The fourth-order valence-corrected chi connectivity index (χ4v) is 3.45. The Morgan fingerprint density at radius 1 is 0.714 bits per heavy atom. The van der Waals surface area contributed by atoms with Crippen molar-refractivity contribution in [1.82, 2.24) is 0 Å². The number of alkyl halides is 9. The molecule has 0 unspecified atom stereocenters. The van der Waals surface area contributed by atoms with Crippen LogP contribution in [0.5, 0.6) is 5.75 Å². The first-order valence-corrected chi connectivity index (χ1v) is 11.3. The number of hydrogen-bond donors (Lipinski definition) is 2. The van der Waals surface area contributed by atoms with E-state index in [0.29, 0.717) is 18.2 Å². The molecule has 19 heteroatoms. The van der Waals surface area contributed by atoms with Gasteiger partial charge in [-0.25, -0.2) is 13.2 Å². The van der Waals surface area contributed by atoms with Crippen LogP contribution >= 0.6 is 0 Å². The van der Waals surface area contributed by atoms with Gasteiger partial charge in [0, 0.05) is 11.4 Å². The highest BCUT2D eigenvalue weighted by molar-refractivity contribution is 7.92. The van der Waals surface area contributed by atoms with Crippen LogP contribution in [-0.2, 0) is 26.1 Å². The van der Waals surface area contributed by atoms with E-state index in [4.69, 9.17) is 0 Å². The molecule has 0 radical (unpaired) electrons. The lowest BCUT2D eigenvalue weighted by Gasteiger charge is -2.16. The van der Waals surface area contributed by atoms with Crippen LogP contribution in [0.1, 0.15) is 5.56 Å². The predicted octanol–water partition coefficient (Wildman–Crippen LogP) is 4.87. The summed E-state index contributed by atoms with van der Waals surface area (Å²) in [4.78, 5) is 10.8. The molecule has 0 aromatic heterocycles. The fraction of sp³-hybridized carbons (Fsp3) is 0.188. The predicted molar refractivity (Wildman–Crippen MR) is 99.4 cm³/mol. The second-order valence-electron chi connectivity index (χ2n) is 6.24. The molecule has 0 atom stereocenters. The number of anilines is 2. The van der Waals surface area contributed by atoms with Gasteiger partial charge in [0.2, 0.25) is 0 Å². The molecular formula is C16H9F9N2O6S2. The number of rotatable bonds is 5. The van der Waals surface area contributed by atoms with Gasteiger partial charge in [0.1, 0.15) is 5.56 Å². The third kappa shape index (κ3) is 6.47. The third-order valence-corrected chi connectivity index (χ3v) is 6.22. The van der Waals surface area contributed by atoms with E-state index in [9.17, 15) is 61.1 Å². The summed E-state index contributed by atoms with van der Waals surface area (Å²) >= 11 is 0. The van der Waals surface area contributed by atoms with Crippen LogP contribution < -0.4 is 14.8 Å². The lowest BCUT2D eigenvalue weighted by atomic mass is 10.1. The van der Waals surface area contributed by atoms with Gasteiger partial charge in [0.05, 0.1) is 4.90 Å². The zero-order valence-electron chi connectivity index (χ0n) is 16.2. The van der Waals surface area contributed by atoms with E-state index in [-0.39, 0.29) is 17.8 Å². The van der Waals surface area contributed by atoms with Gasteiger partial charge in [0.25, 0.3) is 9.84 Å². The van der Waals surface area contributed by atoms with Gasteiger partial charge in [-0.05, 0) is 42.5 Å². The molecule has 2 amide bonds. The Balaban J connectivity index is 2.24. The SMILES string of the molecule is O=C(Nc1ccc(S(=O)(=O)C(F)(F)F)cc1)Nc1ccc(OS(=O)(=O)C(F)(F)F)c(C(F)(F)F)c1. The van der Waals surface area contributed by atoms with Crippen molar-refractivity contribution in [3.05, 3.63) is 48.0 Å². The highest BCUT2D eigenvalue weighted by atomic mass is 32.2. The lowest BCUT2D eigenvalue weighted by Crippen LogP contribution is -2.29. The number of hydrogen-bond acceptors (Lipinski definition) is 6. The molecule has 0 saturated carbocycles. The first kappa shape index (κ1) is 28.0. The number of sulfone groups is 1. The maximum absolute atomic E-state index is 13.2. The summed E-state index contributed by atoms with van der Waals surface area (Å²) in [6.45, 7) is 0. The van der Waals surface area contributed by atoms with Gasteiger partial charge in [0.15, 0.2) is 5.75 Å². The van der Waals surface area contributed by atoms with Gasteiger partial charge in [-0.15, -0.1) is 0 Å². The fourth-order valence-electron chi connectivity index (χ4n) is 2.21. The Bertz CT molecular complexity index is 1320. The van der Waals surface area contributed by atoms with E-state index in [1.807, 2.05) is 10.6 Å². The van der Waals surface area contributed by atoms with E-state index in [0.717, 1.165) is 12.1 Å². The van der Waals surface area contributed by atoms with Crippen molar-refractivity contribution in [3.8, 4) is 5.75 Å². The largest absolute Gasteiger partial charge is 0.534 e. The van der Waals surface area contributed by atoms with Crippen molar-refractivity contribution in [1.29, 1.82) is 0 Å². The molecule has 0 aliphatic carbocycles. The van der Waals surface area contributed by atoms with E-state index in [2.05, 4.69) is 4.18 Å². The van der Waals surface area contributed by atoms with Crippen LogP contribution in [0.15, 0.2) is 47.4 Å². The maximum atomic E-state index is 13.2. The Morgan fingerprint density at radius 3 is 1.66 bits per heavy atom. The summed E-state index contributed by atoms with van der Waals surface area (Å²) in [6, 6.07) is 1.96. The minimum atomic E-state index is -6.45. The molecule has 2 N–H and O–H groups in total. The minimum Gasteiger partial charge on any atom is -0.375 e. The number of carbonyl (C=O) groups is 1. The van der Waals surface area contributed by atoms with Crippen LogP contribution in [0.3, 0.4) is 0 Å².